The zero-order valence-electron chi connectivity index (χ0n) is 11.8. The van der Waals surface area contributed by atoms with Crippen LogP contribution >= 0.6 is 0 Å². The summed E-state index contributed by atoms with van der Waals surface area (Å²) in [4.78, 5) is 24.3. The lowest BCUT2D eigenvalue weighted by Gasteiger charge is -2.14. The first-order chi connectivity index (χ1) is 10.6. The van der Waals surface area contributed by atoms with Crippen LogP contribution in [0.3, 0.4) is 0 Å². The van der Waals surface area contributed by atoms with Gasteiger partial charge in [0.1, 0.15) is 16.9 Å². The topological polar surface area (TPSA) is 76.6 Å². The minimum atomic E-state index is -0.429. The monoisotopic (exact) mass is 296 g/mol. The summed E-state index contributed by atoms with van der Waals surface area (Å²) in [5.41, 5.74) is 2.42. The molecule has 6 heteroatoms. The van der Waals surface area contributed by atoms with Gasteiger partial charge in [0.2, 0.25) is 5.91 Å². The molecule has 2 heterocycles. The van der Waals surface area contributed by atoms with Crippen LogP contribution in [0, 0.1) is 10.1 Å². The van der Waals surface area contributed by atoms with Crippen molar-refractivity contribution in [1.29, 1.82) is 0 Å². The summed E-state index contributed by atoms with van der Waals surface area (Å²) in [6.07, 6.45) is 0.562. The Labute approximate surface area is 125 Å². The van der Waals surface area contributed by atoms with Crippen LogP contribution in [0.15, 0.2) is 34.7 Å². The maximum atomic E-state index is 11.8. The predicted molar refractivity (Wildman–Crippen MR) is 82.1 cm³/mol. The van der Waals surface area contributed by atoms with Crippen molar-refractivity contribution >= 4 is 39.2 Å². The number of nitro benzene ring substituents is 1. The average molecular weight is 296 g/mol. The van der Waals surface area contributed by atoms with E-state index >= 15 is 0 Å². The van der Waals surface area contributed by atoms with Crippen LogP contribution in [0.2, 0.25) is 0 Å². The quantitative estimate of drug-likeness (QED) is 0.509. The number of nitrogens with zero attached hydrogens (tertiary/aromatic N) is 2. The van der Waals surface area contributed by atoms with E-state index in [1.807, 2.05) is 24.3 Å². The van der Waals surface area contributed by atoms with E-state index in [1.165, 1.54) is 17.9 Å². The van der Waals surface area contributed by atoms with Gasteiger partial charge in [-0.1, -0.05) is 18.2 Å². The van der Waals surface area contributed by atoms with E-state index in [0.717, 1.165) is 16.3 Å². The Bertz CT molecular complexity index is 958. The third kappa shape index (κ3) is 1.57. The Kier molecular flexibility index (Phi) is 2.51. The van der Waals surface area contributed by atoms with E-state index in [2.05, 4.69) is 0 Å². The predicted octanol–water partition coefficient (Wildman–Crippen LogP) is 3.40. The molecule has 1 amide bonds. The van der Waals surface area contributed by atoms with Crippen molar-refractivity contribution in [3.63, 3.8) is 0 Å². The smallest absolute Gasteiger partial charge is 0.294 e. The first-order valence-corrected chi connectivity index (χ1v) is 6.97. The van der Waals surface area contributed by atoms with E-state index in [-0.39, 0.29) is 11.6 Å². The second kappa shape index (κ2) is 4.30. The van der Waals surface area contributed by atoms with Gasteiger partial charge in [-0.3, -0.25) is 14.9 Å². The summed E-state index contributed by atoms with van der Waals surface area (Å²) in [6.45, 7) is 1.86. The fraction of sp³-hybridized carbons (Fsp3) is 0.188. The number of hydrogen-bond acceptors (Lipinski definition) is 4. The highest BCUT2D eigenvalue weighted by atomic mass is 16.6. The molecule has 110 valence electrons. The molecule has 0 bridgehead atoms. The molecular formula is C16H12N2O4. The van der Waals surface area contributed by atoms with Gasteiger partial charge in [-0.05, 0) is 12.5 Å². The molecule has 0 radical (unpaired) electrons. The maximum absolute atomic E-state index is 11.8. The summed E-state index contributed by atoms with van der Waals surface area (Å²) < 4.78 is 5.90. The molecule has 3 aromatic rings. The molecule has 6 nitrogen and oxygen atoms in total. The summed E-state index contributed by atoms with van der Waals surface area (Å²) >= 11 is 0. The van der Waals surface area contributed by atoms with E-state index < -0.39 is 4.92 Å². The summed E-state index contributed by atoms with van der Waals surface area (Å²) in [5.74, 6) is -0.197. The van der Waals surface area contributed by atoms with Gasteiger partial charge in [-0.25, -0.2) is 0 Å². The Morgan fingerprint density at radius 1 is 1.32 bits per heavy atom. The molecule has 0 N–H and O–H groups in total. The normalized spacial score (nSPS) is 13.8. The number of carbonyl (C=O) groups excluding carboxylic acids is 1. The molecule has 1 aliphatic heterocycles. The first-order valence-electron chi connectivity index (χ1n) is 6.97. The largest absolute Gasteiger partial charge is 0.456 e. The van der Waals surface area contributed by atoms with Crippen LogP contribution in [0.4, 0.5) is 11.4 Å². The number of amides is 1. The van der Waals surface area contributed by atoms with Crippen molar-refractivity contribution in [2.24, 2.45) is 0 Å². The third-order valence-corrected chi connectivity index (χ3v) is 4.15. The second-order valence-electron chi connectivity index (χ2n) is 5.38. The highest BCUT2D eigenvalue weighted by molar-refractivity contribution is 6.11. The Morgan fingerprint density at radius 2 is 2.09 bits per heavy atom. The van der Waals surface area contributed by atoms with Gasteiger partial charge in [-0.2, -0.15) is 0 Å². The Hall–Kier alpha value is -2.89. The minimum absolute atomic E-state index is 0.0400. The van der Waals surface area contributed by atoms with Crippen molar-refractivity contribution in [1.82, 2.24) is 0 Å². The van der Waals surface area contributed by atoms with Crippen LogP contribution in [-0.2, 0) is 11.2 Å². The van der Waals surface area contributed by atoms with Crippen molar-refractivity contribution in [3.05, 3.63) is 46.0 Å². The molecule has 0 spiro atoms. The Morgan fingerprint density at radius 3 is 2.82 bits per heavy atom. The van der Waals surface area contributed by atoms with Crippen molar-refractivity contribution in [2.75, 3.05) is 11.4 Å². The van der Waals surface area contributed by atoms with E-state index in [1.54, 1.807) is 0 Å². The van der Waals surface area contributed by atoms with Gasteiger partial charge in [-0.15, -0.1) is 0 Å². The zero-order chi connectivity index (χ0) is 15.4. The molecule has 1 aliphatic rings. The Balaban J connectivity index is 2.16. The van der Waals surface area contributed by atoms with Crippen LogP contribution in [0.25, 0.3) is 21.9 Å². The molecule has 0 unspecified atom stereocenters. The van der Waals surface area contributed by atoms with Gasteiger partial charge in [0.05, 0.1) is 4.92 Å². The second-order valence-corrected chi connectivity index (χ2v) is 5.38. The molecule has 1 aromatic heterocycles. The molecule has 0 saturated heterocycles. The number of nitro groups is 1. The summed E-state index contributed by atoms with van der Waals surface area (Å²) in [5, 5.41) is 13.0. The summed E-state index contributed by atoms with van der Waals surface area (Å²) in [7, 11) is 0. The highest BCUT2D eigenvalue weighted by Crippen LogP contribution is 2.44. The van der Waals surface area contributed by atoms with Gasteiger partial charge in [0, 0.05) is 35.9 Å². The number of furan rings is 1. The van der Waals surface area contributed by atoms with Crippen molar-refractivity contribution in [2.45, 2.75) is 13.3 Å². The molecule has 4 rings (SSSR count). The number of para-hydroxylation sites is 1. The lowest BCUT2D eigenvalue weighted by atomic mass is 10.1. The lowest BCUT2D eigenvalue weighted by Crippen LogP contribution is -2.26. The molecule has 0 saturated carbocycles. The SMILES string of the molecule is CC(=O)N1CCc2c1c([N+](=O)[O-])cc1c2oc2ccccc21. The van der Waals surface area contributed by atoms with Gasteiger partial charge < -0.3 is 9.32 Å². The fourth-order valence-corrected chi connectivity index (χ4v) is 3.22. The number of benzene rings is 2. The summed E-state index contributed by atoms with van der Waals surface area (Å²) in [6, 6.07) is 8.97. The maximum Gasteiger partial charge on any atom is 0.294 e. The molecule has 22 heavy (non-hydrogen) atoms. The van der Waals surface area contributed by atoms with Crippen LogP contribution in [0.5, 0.6) is 0 Å². The number of anilines is 1. The van der Waals surface area contributed by atoms with E-state index in [4.69, 9.17) is 4.42 Å². The van der Waals surface area contributed by atoms with Crippen molar-refractivity contribution in [3.8, 4) is 0 Å². The molecule has 0 atom stereocenters. The number of rotatable bonds is 1. The van der Waals surface area contributed by atoms with Crippen molar-refractivity contribution < 1.29 is 14.1 Å². The lowest BCUT2D eigenvalue weighted by molar-refractivity contribution is -0.383. The fourth-order valence-electron chi connectivity index (χ4n) is 3.22. The van der Waals surface area contributed by atoms with E-state index in [0.29, 0.717) is 29.8 Å². The highest BCUT2D eigenvalue weighted by Gasteiger charge is 2.34. The van der Waals surface area contributed by atoms with Gasteiger partial charge in [0.15, 0.2) is 0 Å². The zero-order valence-corrected chi connectivity index (χ0v) is 11.8. The standard InChI is InChI=1S/C16H12N2O4/c1-9(19)17-7-6-11-15(17)13(18(20)21)8-12-10-4-2-3-5-14(10)22-16(11)12/h2-5,8H,6-7H2,1H3. The third-order valence-electron chi connectivity index (χ3n) is 4.15. The molecule has 0 aliphatic carbocycles. The average Bonchev–Trinajstić information content (AvgIpc) is 3.07. The van der Waals surface area contributed by atoms with Crippen LogP contribution in [-0.4, -0.2) is 17.4 Å². The van der Waals surface area contributed by atoms with Crippen LogP contribution < -0.4 is 4.90 Å². The van der Waals surface area contributed by atoms with Gasteiger partial charge in [0.25, 0.3) is 5.69 Å². The molecular weight excluding hydrogens is 284 g/mol. The van der Waals surface area contributed by atoms with Crippen LogP contribution in [0.1, 0.15) is 12.5 Å². The van der Waals surface area contributed by atoms with Gasteiger partial charge >= 0.3 is 0 Å². The first kappa shape index (κ1) is 12.8. The number of hydrogen-bond donors (Lipinski definition) is 0. The molecule has 2 aromatic carbocycles. The van der Waals surface area contributed by atoms with E-state index in [9.17, 15) is 14.9 Å². The number of fused-ring (bicyclic) bond motifs is 5. The number of carbonyl (C=O) groups is 1. The molecule has 0 fully saturated rings. The minimum Gasteiger partial charge on any atom is -0.456 e.